The van der Waals surface area contributed by atoms with Crippen LogP contribution in [0.1, 0.15) is 25.1 Å². The lowest BCUT2D eigenvalue weighted by atomic mass is 10.3. The number of ether oxygens (including phenoxy) is 1. The standard InChI is InChI=1S/C16H20ClFN2O/c17-8-7-15-19-16-13(18)3-1-4-14(16)20(15)9-2-10-21-11-12-5-6-12/h1,3-4,12H,2,5-11H2. The summed E-state index contributed by atoms with van der Waals surface area (Å²) in [6, 6.07) is 5.08. The molecule has 1 aromatic carbocycles. The lowest BCUT2D eigenvalue weighted by Crippen LogP contribution is -2.08. The number of fused-ring (bicyclic) bond motifs is 1. The van der Waals surface area contributed by atoms with E-state index in [4.69, 9.17) is 16.3 Å². The maximum Gasteiger partial charge on any atom is 0.151 e. The Morgan fingerprint density at radius 3 is 3.00 bits per heavy atom. The second-order valence-corrected chi connectivity index (χ2v) is 5.98. The topological polar surface area (TPSA) is 27.1 Å². The van der Waals surface area contributed by atoms with Crippen LogP contribution in [0.4, 0.5) is 4.39 Å². The highest BCUT2D eigenvalue weighted by atomic mass is 35.5. The summed E-state index contributed by atoms with van der Waals surface area (Å²) in [5.74, 6) is 1.86. The van der Waals surface area contributed by atoms with E-state index in [1.165, 1.54) is 18.9 Å². The van der Waals surface area contributed by atoms with Gasteiger partial charge in [0.05, 0.1) is 5.52 Å². The summed E-state index contributed by atoms with van der Waals surface area (Å²) in [6.45, 7) is 2.41. The van der Waals surface area contributed by atoms with Crippen molar-refractivity contribution in [2.75, 3.05) is 19.1 Å². The van der Waals surface area contributed by atoms with Crippen LogP contribution in [0.15, 0.2) is 18.2 Å². The fourth-order valence-corrected chi connectivity index (χ4v) is 2.71. The zero-order chi connectivity index (χ0) is 14.7. The number of imidazole rings is 1. The predicted octanol–water partition coefficient (Wildman–Crippen LogP) is 3.77. The molecule has 1 aliphatic rings. The van der Waals surface area contributed by atoms with Crippen LogP contribution in [0, 0.1) is 11.7 Å². The van der Waals surface area contributed by atoms with Crippen molar-refractivity contribution in [1.82, 2.24) is 9.55 Å². The van der Waals surface area contributed by atoms with Gasteiger partial charge in [-0.05, 0) is 37.3 Å². The molecule has 0 saturated heterocycles. The summed E-state index contributed by atoms with van der Waals surface area (Å²) in [5.41, 5.74) is 1.29. The van der Waals surface area contributed by atoms with Gasteiger partial charge >= 0.3 is 0 Å². The Kier molecular flexibility index (Phi) is 4.76. The molecule has 114 valence electrons. The molecular formula is C16H20ClFN2O. The predicted molar refractivity (Wildman–Crippen MR) is 82.3 cm³/mol. The van der Waals surface area contributed by atoms with Crippen LogP contribution >= 0.6 is 11.6 Å². The summed E-state index contributed by atoms with van der Waals surface area (Å²) in [6.07, 6.45) is 4.18. The monoisotopic (exact) mass is 310 g/mol. The Morgan fingerprint density at radius 1 is 1.38 bits per heavy atom. The van der Waals surface area contributed by atoms with E-state index in [0.29, 0.717) is 17.8 Å². The second kappa shape index (κ2) is 6.75. The van der Waals surface area contributed by atoms with Crippen molar-refractivity contribution in [3.05, 3.63) is 29.8 Å². The van der Waals surface area contributed by atoms with Crippen LogP contribution in [-0.2, 0) is 17.7 Å². The van der Waals surface area contributed by atoms with Gasteiger partial charge in [-0.25, -0.2) is 9.37 Å². The zero-order valence-corrected chi connectivity index (χ0v) is 12.8. The first kappa shape index (κ1) is 14.8. The number of benzene rings is 1. The summed E-state index contributed by atoms with van der Waals surface area (Å²) in [4.78, 5) is 4.40. The van der Waals surface area contributed by atoms with Crippen molar-refractivity contribution in [3.63, 3.8) is 0 Å². The van der Waals surface area contributed by atoms with Gasteiger partial charge in [0.1, 0.15) is 11.3 Å². The molecule has 1 saturated carbocycles. The summed E-state index contributed by atoms with van der Waals surface area (Å²) >= 11 is 5.83. The van der Waals surface area contributed by atoms with Crippen molar-refractivity contribution in [1.29, 1.82) is 0 Å². The number of alkyl halides is 1. The molecule has 0 unspecified atom stereocenters. The van der Waals surface area contributed by atoms with E-state index in [-0.39, 0.29) is 5.82 Å². The Bertz CT molecular complexity index is 610. The third-order valence-corrected chi connectivity index (χ3v) is 4.04. The van der Waals surface area contributed by atoms with Crippen LogP contribution in [0.2, 0.25) is 0 Å². The minimum absolute atomic E-state index is 0.271. The van der Waals surface area contributed by atoms with Gasteiger partial charge in [-0.1, -0.05) is 6.07 Å². The lowest BCUT2D eigenvalue weighted by Gasteiger charge is -2.09. The molecule has 0 spiro atoms. The lowest BCUT2D eigenvalue weighted by molar-refractivity contribution is 0.119. The number of rotatable bonds is 8. The maximum absolute atomic E-state index is 13.8. The number of hydrogen-bond acceptors (Lipinski definition) is 2. The smallest absolute Gasteiger partial charge is 0.151 e. The van der Waals surface area contributed by atoms with Crippen LogP contribution in [0.3, 0.4) is 0 Å². The van der Waals surface area contributed by atoms with E-state index < -0.39 is 0 Å². The largest absolute Gasteiger partial charge is 0.381 e. The third-order valence-electron chi connectivity index (χ3n) is 3.85. The minimum atomic E-state index is -0.271. The van der Waals surface area contributed by atoms with Gasteiger partial charge in [0.2, 0.25) is 0 Å². The number of para-hydroxylation sites is 1. The van der Waals surface area contributed by atoms with Gasteiger partial charge in [-0.2, -0.15) is 0 Å². The highest BCUT2D eigenvalue weighted by Crippen LogP contribution is 2.28. The second-order valence-electron chi connectivity index (χ2n) is 5.60. The molecule has 21 heavy (non-hydrogen) atoms. The van der Waals surface area contributed by atoms with E-state index in [1.807, 2.05) is 6.07 Å². The van der Waals surface area contributed by atoms with Gasteiger partial charge in [0, 0.05) is 32.1 Å². The molecule has 0 radical (unpaired) electrons. The molecule has 0 aliphatic heterocycles. The first-order valence-corrected chi connectivity index (χ1v) is 8.10. The van der Waals surface area contributed by atoms with Gasteiger partial charge in [-0.3, -0.25) is 0 Å². The highest BCUT2D eigenvalue weighted by molar-refractivity contribution is 6.17. The average molecular weight is 311 g/mol. The van der Waals surface area contributed by atoms with Gasteiger partial charge in [-0.15, -0.1) is 11.6 Å². The third kappa shape index (κ3) is 3.55. The zero-order valence-electron chi connectivity index (χ0n) is 12.0. The summed E-state index contributed by atoms with van der Waals surface area (Å²) in [5, 5.41) is 0. The number of nitrogens with zero attached hydrogens (tertiary/aromatic N) is 2. The van der Waals surface area contributed by atoms with E-state index in [0.717, 1.165) is 43.4 Å². The molecule has 1 fully saturated rings. The van der Waals surface area contributed by atoms with Gasteiger partial charge in [0.15, 0.2) is 5.82 Å². The summed E-state index contributed by atoms with van der Waals surface area (Å²) in [7, 11) is 0. The molecule has 1 aliphatic carbocycles. The molecule has 3 rings (SSSR count). The van der Waals surface area contributed by atoms with Crippen LogP contribution in [0.5, 0.6) is 0 Å². The van der Waals surface area contributed by atoms with Crippen molar-refractivity contribution in [2.45, 2.75) is 32.2 Å². The van der Waals surface area contributed by atoms with E-state index >= 15 is 0 Å². The number of aromatic nitrogens is 2. The van der Waals surface area contributed by atoms with Gasteiger partial charge < -0.3 is 9.30 Å². The quantitative estimate of drug-likeness (QED) is 0.548. The molecule has 3 nitrogen and oxygen atoms in total. The molecule has 0 amide bonds. The fourth-order valence-electron chi connectivity index (χ4n) is 2.55. The fraction of sp³-hybridized carbons (Fsp3) is 0.562. The number of hydrogen-bond donors (Lipinski definition) is 0. The molecule has 0 bridgehead atoms. The number of aryl methyl sites for hydroxylation is 2. The Labute approximate surface area is 129 Å². The minimum Gasteiger partial charge on any atom is -0.381 e. The van der Waals surface area contributed by atoms with Crippen molar-refractivity contribution in [3.8, 4) is 0 Å². The molecule has 0 atom stereocenters. The van der Waals surface area contributed by atoms with Crippen molar-refractivity contribution in [2.24, 2.45) is 5.92 Å². The highest BCUT2D eigenvalue weighted by Gasteiger charge is 2.21. The van der Waals surface area contributed by atoms with Crippen LogP contribution in [0.25, 0.3) is 11.0 Å². The van der Waals surface area contributed by atoms with Crippen LogP contribution in [-0.4, -0.2) is 28.6 Å². The normalized spacial score (nSPS) is 15.0. The van der Waals surface area contributed by atoms with Crippen LogP contribution < -0.4 is 0 Å². The van der Waals surface area contributed by atoms with Gasteiger partial charge in [0.25, 0.3) is 0 Å². The molecule has 0 N–H and O–H groups in total. The van der Waals surface area contributed by atoms with E-state index in [2.05, 4.69) is 9.55 Å². The first-order valence-electron chi connectivity index (χ1n) is 7.57. The Hall–Kier alpha value is -1.13. The van der Waals surface area contributed by atoms with E-state index in [9.17, 15) is 4.39 Å². The maximum atomic E-state index is 13.8. The Morgan fingerprint density at radius 2 is 2.24 bits per heavy atom. The molecule has 1 aromatic heterocycles. The summed E-state index contributed by atoms with van der Waals surface area (Å²) < 4.78 is 21.6. The first-order chi connectivity index (χ1) is 10.3. The SMILES string of the molecule is Fc1cccc2c1nc(CCCl)n2CCCOCC1CC1. The molecule has 1 heterocycles. The molecular weight excluding hydrogens is 291 g/mol. The van der Waals surface area contributed by atoms with E-state index in [1.54, 1.807) is 6.07 Å². The number of halogens is 2. The van der Waals surface area contributed by atoms with Crippen molar-refractivity contribution < 1.29 is 9.13 Å². The van der Waals surface area contributed by atoms with Crippen molar-refractivity contribution >= 4 is 22.6 Å². The Balaban J connectivity index is 1.68. The average Bonchev–Trinajstić information content (AvgIpc) is 3.23. The molecule has 2 aromatic rings. The molecule has 5 heteroatoms.